The number of anilines is 1. The fraction of sp³-hybridized carbons (Fsp3) is 0.611. The van der Waals surface area contributed by atoms with Crippen molar-refractivity contribution in [3.63, 3.8) is 0 Å². The highest BCUT2D eigenvalue weighted by Crippen LogP contribution is 2.18. The molecule has 2 heterocycles. The SMILES string of the molecule is CC1CCCCN1CC(=O)N1CCN(c2ccccc2)CC1. The van der Waals surface area contributed by atoms with Gasteiger partial charge in [-0.2, -0.15) is 0 Å². The summed E-state index contributed by atoms with van der Waals surface area (Å²) in [6.45, 7) is 7.49. The van der Waals surface area contributed by atoms with Gasteiger partial charge < -0.3 is 9.80 Å². The van der Waals surface area contributed by atoms with Gasteiger partial charge in [-0.1, -0.05) is 24.6 Å². The third-order valence-electron chi connectivity index (χ3n) is 5.03. The van der Waals surface area contributed by atoms with E-state index in [1.54, 1.807) is 0 Å². The summed E-state index contributed by atoms with van der Waals surface area (Å²) in [7, 11) is 0. The average Bonchev–Trinajstić information content (AvgIpc) is 2.58. The van der Waals surface area contributed by atoms with Crippen LogP contribution in [-0.4, -0.2) is 61.0 Å². The van der Waals surface area contributed by atoms with E-state index in [1.807, 2.05) is 11.0 Å². The van der Waals surface area contributed by atoms with E-state index in [0.717, 1.165) is 32.7 Å². The fourth-order valence-corrected chi connectivity index (χ4v) is 3.52. The Hall–Kier alpha value is -1.55. The normalized spacial score (nSPS) is 23.6. The lowest BCUT2D eigenvalue weighted by Crippen LogP contribution is -2.52. The standard InChI is InChI=1S/C18H27N3O/c1-16-7-5-6-10-21(16)15-18(22)20-13-11-19(12-14-20)17-8-3-2-4-9-17/h2-4,8-9,16H,5-7,10-15H2,1H3. The van der Waals surface area contributed by atoms with Crippen LogP contribution in [-0.2, 0) is 4.79 Å². The molecule has 0 aromatic heterocycles. The molecule has 0 aliphatic carbocycles. The summed E-state index contributed by atoms with van der Waals surface area (Å²) in [5, 5.41) is 0. The molecular weight excluding hydrogens is 274 g/mol. The van der Waals surface area contributed by atoms with E-state index in [9.17, 15) is 4.79 Å². The molecule has 120 valence electrons. The summed E-state index contributed by atoms with van der Waals surface area (Å²) in [4.78, 5) is 19.3. The van der Waals surface area contributed by atoms with Gasteiger partial charge in [0.1, 0.15) is 0 Å². The molecule has 1 amide bonds. The summed E-state index contributed by atoms with van der Waals surface area (Å²) in [5.41, 5.74) is 1.26. The van der Waals surface area contributed by atoms with Gasteiger partial charge in [-0.25, -0.2) is 0 Å². The second kappa shape index (κ2) is 7.14. The first kappa shape index (κ1) is 15.3. The van der Waals surface area contributed by atoms with E-state index in [2.05, 4.69) is 41.0 Å². The number of piperazine rings is 1. The minimum Gasteiger partial charge on any atom is -0.368 e. The van der Waals surface area contributed by atoms with E-state index < -0.39 is 0 Å². The van der Waals surface area contributed by atoms with Crippen LogP contribution in [0.4, 0.5) is 5.69 Å². The lowest BCUT2D eigenvalue weighted by Gasteiger charge is -2.38. The number of benzene rings is 1. The molecule has 0 saturated carbocycles. The number of hydrogen-bond donors (Lipinski definition) is 0. The van der Waals surface area contributed by atoms with Gasteiger partial charge in [-0.05, 0) is 38.4 Å². The van der Waals surface area contributed by atoms with Crippen LogP contribution >= 0.6 is 0 Å². The monoisotopic (exact) mass is 301 g/mol. The van der Waals surface area contributed by atoms with Crippen LogP contribution in [0.2, 0.25) is 0 Å². The van der Waals surface area contributed by atoms with Gasteiger partial charge in [-0.15, -0.1) is 0 Å². The molecular formula is C18H27N3O. The van der Waals surface area contributed by atoms with Gasteiger partial charge in [0.25, 0.3) is 0 Å². The first-order valence-electron chi connectivity index (χ1n) is 8.56. The zero-order valence-electron chi connectivity index (χ0n) is 13.6. The maximum absolute atomic E-state index is 12.5. The highest BCUT2D eigenvalue weighted by molar-refractivity contribution is 5.78. The van der Waals surface area contributed by atoms with Gasteiger partial charge in [0.05, 0.1) is 6.54 Å². The molecule has 0 bridgehead atoms. The summed E-state index contributed by atoms with van der Waals surface area (Å²) < 4.78 is 0. The smallest absolute Gasteiger partial charge is 0.236 e. The van der Waals surface area contributed by atoms with Crippen LogP contribution in [0.3, 0.4) is 0 Å². The van der Waals surface area contributed by atoms with Gasteiger partial charge in [0.2, 0.25) is 5.91 Å². The van der Waals surface area contributed by atoms with E-state index in [-0.39, 0.29) is 0 Å². The first-order chi connectivity index (χ1) is 10.7. The highest BCUT2D eigenvalue weighted by Gasteiger charge is 2.25. The van der Waals surface area contributed by atoms with Gasteiger partial charge in [0.15, 0.2) is 0 Å². The van der Waals surface area contributed by atoms with Crippen molar-refractivity contribution in [1.82, 2.24) is 9.80 Å². The molecule has 1 atom stereocenters. The maximum Gasteiger partial charge on any atom is 0.236 e. The van der Waals surface area contributed by atoms with Crippen LogP contribution in [0.25, 0.3) is 0 Å². The van der Waals surface area contributed by atoms with Gasteiger partial charge in [-0.3, -0.25) is 9.69 Å². The van der Waals surface area contributed by atoms with Crippen molar-refractivity contribution in [3.8, 4) is 0 Å². The summed E-state index contributed by atoms with van der Waals surface area (Å²) in [6, 6.07) is 11.0. The van der Waals surface area contributed by atoms with Gasteiger partial charge >= 0.3 is 0 Å². The number of hydrogen-bond acceptors (Lipinski definition) is 3. The molecule has 1 unspecified atom stereocenters. The lowest BCUT2D eigenvalue weighted by atomic mass is 10.0. The minimum atomic E-state index is 0.307. The largest absolute Gasteiger partial charge is 0.368 e. The average molecular weight is 301 g/mol. The number of carbonyl (C=O) groups is 1. The number of nitrogens with zero attached hydrogens (tertiary/aromatic N) is 3. The van der Waals surface area contributed by atoms with Crippen molar-refractivity contribution in [2.24, 2.45) is 0 Å². The Morgan fingerprint density at radius 3 is 2.45 bits per heavy atom. The summed E-state index contributed by atoms with van der Waals surface area (Å²) in [6.07, 6.45) is 3.77. The van der Waals surface area contributed by atoms with E-state index in [4.69, 9.17) is 0 Å². The highest BCUT2D eigenvalue weighted by atomic mass is 16.2. The zero-order chi connectivity index (χ0) is 15.4. The molecule has 2 aliphatic heterocycles. The van der Waals surface area contributed by atoms with Crippen molar-refractivity contribution in [2.75, 3.05) is 44.2 Å². The first-order valence-corrected chi connectivity index (χ1v) is 8.56. The quantitative estimate of drug-likeness (QED) is 0.856. The number of piperidine rings is 1. The van der Waals surface area contributed by atoms with Gasteiger partial charge in [0, 0.05) is 37.9 Å². The Labute approximate surface area is 133 Å². The molecule has 2 fully saturated rings. The Kier molecular flexibility index (Phi) is 4.98. The minimum absolute atomic E-state index is 0.307. The lowest BCUT2D eigenvalue weighted by molar-refractivity contribution is -0.133. The Morgan fingerprint density at radius 2 is 1.77 bits per heavy atom. The number of para-hydroxylation sites is 1. The van der Waals surface area contributed by atoms with Crippen LogP contribution in [0, 0.1) is 0 Å². The van der Waals surface area contributed by atoms with Crippen molar-refractivity contribution in [1.29, 1.82) is 0 Å². The molecule has 0 N–H and O–H groups in total. The molecule has 4 heteroatoms. The molecule has 3 rings (SSSR count). The predicted molar refractivity (Wildman–Crippen MR) is 90.1 cm³/mol. The summed E-state index contributed by atoms with van der Waals surface area (Å²) >= 11 is 0. The molecule has 4 nitrogen and oxygen atoms in total. The van der Waals surface area contributed by atoms with Crippen LogP contribution in [0.15, 0.2) is 30.3 Å². The second-order valence-corrected chi connectivity index (χ2v) is 6.52. The Bertz CT molecular complexity index is 482. The molecule has 2 saturated heterocycles. The van der Waals surface area contributed by atoms with Crippen LogP contribution in [0.1, 0.15) is 26.2 Å². The van der Waals surface area contributed by atoms with Crippen molar-refractivity contribution in [3.05, 3.63) is 30.3 Å². The van der Waals surface area contributed by atoms with E-state index >= 15 is 0 Å². The molecule has 1 aromatic carbocycles. The number of rotatable bonds is 3. The van der Waals surface area contributed by atoms with E-state index in [1.165, 1.54) is 24.9 Å². The Morgan fingerprint density at radius 1 is 1.05 bits per heavy atom. The summed E-state index contributed by atoms with van der Waals surface area (Å²) in [5.74, 6) is 0.307. The van der Waals surface area contributed by atoms with Crippen LogP contribution in [0.5, 0.6) is 0 Å². The third kappa shape index (κ3) is 3.61. The van der Waals surface area contributed by atoms with Crippen molar-refractivity contribution < 1.29 is 4.79 Å². The Balaban J connectivity index is 1.49. The molecule has 0 spiro atoms. The van der Waals surface area contributed by atoms with Crippen molar-refractivity contribution >= 4 is 11.6 Å². The van der Waals surface area contributed by atoms with Crippen LogP contribution < -0.4 is 4.90 Å². The number of carbonyl (C=O) groups excluding carboxylic acids is 1. The molecule has 0 radical (unpaired) electrons. The zero-order valence-corrected chi connectivity index (χ0v) is 13.6. The van der Waals surface area contributed by atoms with Crippen molar-refractivity contribution in [2.45, 2.75) is 32.2 Å². The number of amides is 1. The number of likely N-dealkylation sites (tertiary alicyclic amines) is 1. The predicted octanol–water partition coefficient (Wildman–Crippen LogP) is 2.21. The second-order valence-electron chi connectivity index (χ2n) is 6.52. The third-order valence-corrected chi connectivity index (χ3v) is 5.03. The molecule has 2 aliphatic rings. The molecule has 22 heavy (non-hydrogen) atoms. The maximum atomic E-state index is 12.5. The fourth-order valence-electron chi connectivity index (χ4n) is 3.52. The molecule has 1 aromatic rings. The van der Waals surface area contributed by atoms with E-state index in [0.29, 0.717) is 18.5 Å². The topological polar surface area (TPSA) is 26.8 Å².